The molecule has 2 atom stereocenters. The summed E-state index contributed by atoms with van der Waals surface area (Å²) in [5.74, 6) is 0.392. The molecule has 2 amide bonds. The number of rotatable bonds is 4. The lowest BCUT2D eigenvalue weighted by atomic mass is 10.1. The minimum atomic E-state index is -0.450. The lowest BCUT2D eigenvalue weighted by Gasteiger charge is -2.26. The lowest BCUT2D eigenvalue weighted by Crippen LogP contribution is -2.42. The van der Waals surface area contributed by atoms with Crippen LogP contribution in [-0.4, -0.2) is 39.0 Å². The van der Waals surface area contributed by atoms with Gasteiger partial charge in [0, 0.05) is 12.1 Å². The maximum absolute atomic E-state index is 12.6. The summed E-state index contributed by atoms with van der Waals surface area (Å²) < 4.78 is 0. The molecule has 28 heavy (non-hydrogen) atoms. The quantitative estimate of drug-likeness (QED) is 0.869. The molecule has 2 aromatic carbocycles. The van der Waals surface area contributed by atoms with Gasteiger partial charge in [-0.1, -0.05) is 54.2 Å². The van der Waals surface area contributed by atoms with Crippen molar-refractivity contribution >= 4 is 40.3 Å². The second kappa shape index (κ2) is 7.59. The first kappa shape index (κ1) is 18.4. The average Bonchev–Trinajstić information content (AvgIpc) is 3.02. The number of carbonyl (C=O) groups is 2. The Kier molecular flexibility index (Phi) is 5.00. The molecule has 7 heteroatoms. The predicted octanol–water partition coefficient (Wildman–Crippen LogP) is 3.10. The van der Waals surface area contributed by atoms with Gasteiger partial charge in [0.15, 0.2) is 5.17 Å². The Morgan fingerprint density at radius 1 is 1.18 bits per heavy atom. The molecule has 2 aliphatic rings. The van der Waals surface area contributed by atoms with Crippen molar-refractivity contribution < 1.29 is 9.59 Å². The number of carbonyl (C=O) groups excluding carboxylic acids is 2. The molecule has 1 N–H and O–H groups in total. The summed E-state index contributed by atoms with van der Waals surface area (Å²) in [6.45, 7) is 4.05. The summed E-state index contributed by atoms with van der Waals surface area (Å²) in [6, 6.07) is 16.9. The van der Waals surface area contributed by atoms with Crippen molar-refractivity contribution in [3.8, 4) is 0 Å². The Morgan fingerprint density at radius 3 is 2.68 bits per heavy atom. The van der Waals surface area contributed by atoms with E-state index in [1.54, 1.807) is 11.8 Å². The number of fused-ring (bicyclic) bond motifs is 3. The van der Waals surface area contributed by atoms with Gasteiger partial charge in [-0.2, -0.15) is 0 Å². The second-order valence-corrected chi connectivity index (χ2v) is 7.99. The van der Waals surface area contributed by atoms with Crippen LogP contribution in [0.5, 0.6) is 0 Å². The van der Waals surface area contributed by atoms with Crippen LogP contribution < -0.4 is 5.32 Å². The fraction of sp³-hybridized carbons (Fsp3) is 0.238. The molecule has 0 aromatic heterocycles. The van der Waals surface area contributed by atoms with Crippen molar-refractivity contribution in [1.29, 1.82) is 0 Å². The number of nitrogens with one attached hydrogen (secondary N) is 1. The number of para-hydroxylation sites is 1. The number of amidine groups is 2. The van der Waals surface area contributed by atoms with Gasteiger partial charge in [-0.05, 0) is 31.5 Å². The molecule has 0 fully saturated rings. The first-order valence-corrected chi connectivity index (χ1v) is 10.0. The summed E-state index contributed by atoms with van der Waals surface area (Å²) in [5.41, 5.74) is 2.64. The average molecular weight is 392 g/mol. The third kappa shape index (κ3) is 3.45. The summed E-state index contributed by atoms with van der Waals surface area (Å²) in [6.07, 6.45) is 0. The van der Waals surface area contributed by atoms with E-state index in [9.17, 15) is 9.59 Å². The lowest BCUT2D eigenvalue weighted by molar-refractivity contribution is -0.124. The molecule has 2 heterocycles. The second-order valence-electron chi connectivity index (χ2n) is 6.68. The standard InChI is InChI=1S/C21H20N4O2S/c1-13-20(27)25-18(23-13)16-10-6-7-11-17(16)24-21(25)28-14(2)19(26)22-12-15-8-4-3-5-9-15/h3-11,13-14H,12H2,1-2H3,(H,22,26)/t13-,14+/m0/s1. The summed E-state index contributed by atoms with van der Waals surface area (Å²) in [4.78, 5) is 35.9. The fourth-order valence-electron chi connectivity index (χ4n) is 3.10. The number of amides is 2. The van der Waals surface area contributed by atoms with Crippen LogP contribution in [0.1, 0.15) is 25.0 Å². The number of hydrogen-bond acceptors (Lipinski definition) is 5. The highest BCUT2D eigenvalue weighted by atomic mass is 32.2. The Labute approximate surface area is 167 Å². The number of nitrogens with zero attached hydrogens (tertiary/aromatic N) is 3. The zero-order valence-corrected chi connectivity index (χ0v) is 16.4. The van der Waals surface area contributed by atoms with E-state index in [1.807, 2.05) is 61.5 Å². The van der Waals surface area contributed by atoms with Gasteiger partial charge in [-0.15, -0.1) is 0 Å². The Bertz CT molecular complexity index is 987. The molecule has 0 saturated heterocycles. The fourth-order valence-corrected chi connectivity index (χ4v) is 4.03. The minimum Gasteiger partial charge on any atom is -0.351 e. The predicted molar refractivity (Wildman–Crippen MR) is 112 cm³/mol. The topological polar surface area (TPSA) is 74.1 Å². The van der Waals surface area contributed by atoms with E-state index >= 15 is 0 Å². The largest absolute Gasteiger partial charge is 0.351 e. The Balaban J connectivity index is 1.52. The number of aliphatic imine (C=N–C) groups is 2. The van der Waals surface area contributed by atoms with Crippen LogP contribution in [0.25, 0.3) is 0 Å². The number of benzene rings is 2. The van der Waals surface area contributed by atoms with Crippen LogP contribution in [0.2, 0.25) is 0 Å². The van der Waals surface area contributed by atoms with E-state index < -0.39 is 11.3 Å². The third-order valence-electron chi connectivity index (χ3n) is 4.62. The molecule has 0 radical (unpaired) electrons. The van der Waals surface area contributed by atoms with Crippen molar-refractivity contribution in [3.05, 3.63) is 65.7 Å². The van der Waals surface area contributed by atoms with Crippen molar-refractivity contribution in [3.63, 3.8) is 0 Å². The van der Waals surface area contributed by atoms with Gasteiger partial charge in [0.2, 0.25) is 5.91 Å². The van der Waals surface area contributed by atoms with Crippen LogP contribution >= 0.6 is 11.8 Å². The first-order chi connectivity index (χ1) is 13.5. The minimum absolute atomic E-state index is 0.103. The molecule has 2 aliphatic heterocycles. The molecule has 0 bridgehead atoms. The summed E-state index contributed by atoms with van der Waals surface area (Å²) in [5, 5.41) is 3.03. The Hall–Kier alpha value is -2.93. The van der Waals surface area contributed by atoms with Crippen molar-refractivity contribution in [2.24, 2.45) is 9.98 Å². The molecular formula is C21H20N4O2S. The van der Waals surface area contributed by atoms with E-state index in [-0.39, 0.29) is 11.8 Å². The van der Waals surface area contributed by atoms with Gasteiger partial charge < -0.3 is 5.32 Å². The van der Waals surface area contributed by atoms with Crippen molar-refractivity contribution in [1.82, 2.24) is 10.2 Å². The Morgan fingerprint density at radius 2 is 1.89 bits per heavy atom. The van der Waals surface area contributed by atoms with Gasteiger partial charge in [-0.3, -0.25) is 14.6 Å². The molecule has 0 spiro atoms. The van der Waals surface area contributed by atoms with E-state index in [0.29, 0.717) is 17.5 Å². The van der Waals surface area contributed by atoms with Gasteiger partial charge >= 0.3 is 0 Å². The van der Waals surface area contributed by atoms with Crippen LogP contribution in [0.3, 0.4) is 0 Å². The van der Waals surface area contributed by atoms with E-state index in [2.05, 4.69) is 15.3 Å². The van der Waals surface area contributed by atoms with Crippen molar-refractivity contribution in [2.45, 2.75) is 31.7 Å². The van der Waals surface area contributed by atoms with Gasteiger partial charge in [0.1, 0.15) is 11.9 Å². The third-order valence-corrected chi connectivity index (χ3v) is 5.67. The normalized spacial score (nSPS) is 18.7. The number of hydrogen-bond donors (Lipinski definition) is 1. The highest BCUT2D eigenvalue weighted by Gasteiger charge is 2.40. The van der Waals surface area contributed by atoms with Crippen LogP contribution in [0, 0.1) is 0 Å². The highest BCUT2D eigenvalue weighted by Crippen LogP contribution is 2.34. The molecule has 6 nitrogen and oxygen atoms in total. The molecule has 0 saturated carbocycles. The molecule has 4 rings (SSSR count). The summed E-state index contributed by atoms with van der Waals surface area (Å²) >= 11 is 1.27. The smallest absolute Gasteiger partial charge is 0.258 e. The van der Waals surface area contributed by atoms with Crippen molar-refractivity contribution in [2.75, 3.05) is 0 Å². The molecule has 2 aromatic rings. The van der Waals surface area contributed by atoms with Gasteiger partial charge in [0.05, 0.1) is 10.9 Å². The van der Waals surface area contributed by atoms with Gasteiger partial charge in [0.25, 0.3) is 5.91 Å². The van der Waals surface area contributed by atoms with E-state index in [0.717, 1.165) is 16.8 Å². The molecule has 0 unspecified atom stereocenters. The molecule has 0 aliphatic carbocycles. The first-order valence-electron chi connectivity index (χ1n) is 9.13. The zero-order valence-electron chi connectivity index (χ0n) is 15.6. The van der Waals surface area contributed by atoms with Crippen LogP contribution in [0.15, 0.2) is 64.6 Å². The maximum Gasteiger partial charge on any atom is 0.258 e. The molecular weight excluding hydrogens is 372 g/mol. The van der Waals surface area contributed by atoms with Crippen LogP contribution in [-0.2, 0) is 16.1 Å². The highest BCUT2D eigenvalue weighted by molar-refractivity contribution is 8.15. The SMILES string of the molecule is C[C@@H]1N=C2c3ccccc3N=C(S[C@H](C)C(=O)NCc3ccccc3)N2C1=O. The zero-order chi connectivity index (χ0) is 19.7. The molecule has 142 valence electrons. The van der Waals surface area contributed by atoms with E-state index in [1.165, 1.54) is 11.8 Å². The summed E-state index contributed by atoms with van der Waals surface area (Å²) in [7, 11) is 0. The maximum atomic E-state index is 12.6. The number of thioether (sulfide) groups is 1. The monoisotopic (exact) mass is 392 g/mol. The van der Waals surface area contributed by atoms with Crippen LogP contribution in [0.4, 0.5) is 5.69 Å². The van der Waals surface area contributed by atoms with Gasteiger partial charge in [-0.25, -0.2) is 9.89 Å². The van der Waals surface area contributed by atoms with E-state index in [4.69, 9.17) is 0 Å².